The average molecular weight is 240 g/mol. The molecule has 102 valence electrons. The normalized spacial score (nSPS) is 26.1. The molecule has 1 fully saturated rings. The van der Waals surface area contributed by atoms with E-state index in [9.17, 15) is 0 Å². The molecule has 1 aliphatic carbocycles. The predicted molar refractivity (Wildman–Crippen MR) is 76.4 cm³/mol. The van der Waals surface area contributed by atoms with Crippen molar-refractivity contribution in [3.8, 4) is 0 Å². The average Bonchev–Trinajstić information content (AvgIpc) is 2.08. The van der Waals surface area contributed by atoms with Crippen LogP contribution in [0.2, 0.25) is 0 Å². The minimum atomic E-state index is 0.487. The smallest absolute Gasteiger partial charge is 0.0186 e. The topological polar surface area (TPSA) is 15.3 Å². The molecule has 0 aromatic carbocycles. The maximum Gasteiger partial charge on any atom is 0.0186 e. The number of nitrogens with zero attached hydrogens (tertiary/aromatic N) is 1. The Morgan fingerprint density at radius 3 is 2.00 bits per heavy atom. The molecule has 2 nitrogen and oxygen atoms in total. The van der Waals surface area contributed by atoms with Gasteiger partial charge in [-0.3, -0.25) is 0 Å². The van der Waals surface area contributed by atoms with Gasteiger partial charge in [-0.15, -0.1) is 0 Å². The van der Waals surface area contributed by atoms with E-state index < -0.39 is 0 Å². The number of hydrogen-bond donors (Lipinski definition) is 1. The fraction of sp³-hybridized carbons (Fsp3) is 1.00. The quantitative estimate of drug-likeness (QED) is 0.812. The van der Waals surface area contributed by atoms with Gasteiger partial charge in [-0.2, -0.15) is 0 Å². The molecular formula is C15H32N2. The summed E-state index contributed by atoms with van der Waals surface area (Å²) in [5.41, 5.74) is 0.974. The fourth-order valence-electron chi connectivity index (χ4n) is 3.51. The van der Waals surface area contributed by atoms with Gasteiger partial charge < -0.3 is 10.2 Å². The van der Waals surface area contributed by atoms with Crippen LogP contribution in [0.3, 0.4) is 0 Å². The first-order valence-electron chi connectivity index (χ1n) is 7.01. The Morgan fingerprint density at radius 2 is 1.59 bits per heavy atom. The minimum absolute atomic E-state index is 0.487. The van der Waals surface area contributed by atoms with Crippen molar-refractivity contribution in [1.82, 2.24) is 10.2 Å². The Kier molecular flexibility index (Phi) is 4.65. The fourth-order valence-corrected chi connectivity index (χ4v) is 3.51. The van der Waals surface area contributed by atoms with E-state index in [2.05, 4.69) is 58.9 Å². The third kappa shape index (κ3) is 4.97. The van der Waals surface area contributed by atoms with Gasteiger partial charge in [0.15, 0.2) is 0 Å². The van der Waals surface area contributed by atoms with Gasteiger partial charge in [0.05, 0.1) is 0 Å². The zero-order chi connectivity index (χ0) is 13.3. The van der Waals surface area contributed by atoms with Gasteiger partial charge in [0, 0.05) is 18.6 Å². The summed E-state index contributed by atoms with van der Waals surface area (Å²) in [6.45, 7) is 13.0. The van der Waals surface area contributed by atoms with E-state index in [0.717, 1.165) is 6.54 Å². The summed E-state index contributed by atoms with van der Waals surface area (Å²) in [7, 11) is 4.31. The lowest BCUT2D eigenvalue weighted by Crippen LogP contribution is -2.47. The standard InChI is InChI=1S/C15H32N2/c1-12(17(6)7)10-16-13-8-14(2,3)11-15(4,5)9-13/h12-13,16H,8-11H2,1-7H3. The van der Waals surface area contributed by atoms with Gasteiger partial charge in [-0.25, -0.2) is 0 Å². The van der Waals surface area contributed by atoms with E-state index in [1.54, 1.807) is 0 Å². The summed E-state index contributed by atoms with van der Waals surface area (Å²) in [6, 6.07) is 1.30. The van der Waals surface area contributed by atoms with Crippen molar-refractivity contribution in [3.05, 3.63) is 0 Å². The van der Waals surface area contributed by atoms with Crippen molar-refractivity contribution in [3.63, 3.8) is 0 Å². The summed E-state index contributed by atoms with van der Waals surface area (Å²) in [5, 5.41) is 3.77. The van der Waals surface area contributed by atoms with Crippen molar-refractivity contribution in [1.29, 1.82) is 0 Å². The summed E-state index contributed by atoms with van der Waals surface area (Å²) >= 11 is 0. The lowest BCUT2D eigenvalue weighted by Gasteiger charge is -2.45. The van der Waals surface area contributed by atoms with Crippen LogP contribution in [0, 0.1) is 10.8 Å². The number of hydrogen-bond acceptors (Lipinski definition) is 2. The van der Waals surface area contributed by atoms with Crippen LogP contribution >= 0.6 is 0 Å². The van der Waals surface area contributed by atoms with Crippen LogP contribution in [0.5, 0.6) is 0 Å². The molecule has 0 aliphatic heterocycles. The largest absolute Gasteiger partial charge is 0.312 e. The highest BCUT2D eigenvalue weighted by molar-refractivity contribution is 4.92. The first-order valence-corrected chi connectivity index (χ1v) is 7.01. The molecule has 0 saturated heterocycles. The molecule has 1 aliphatic rings. The second-order valence-electron chi connectivity index (χ2n) is 7.83. The molecule has 0 aromatic heterocycles. The zero-order valence-electron chi connectivity index (χ0n) is 12.9. The maximum atomic E-state index is 3.77. The van der Waals surface area contributed by atoms with Gasteiger partial charge >= 0.3 is 0 Å². The van der Waals surface area contributed by atoms with Crippen LogP contribution in [-0.4, -0.2) is 37.6 Å². The Bertz CT molecular complexity index is 227. The SMILES string of the molecule is CC(CNC1CC(C)(C)CC(C)(C)C1)N(C)C. The Morgan fingerprint density at radius 1 is 1.12 bits per heavy atom. The molecule has 0 radical (unpaired) electrons. The van der Waals surface area contributed by atoms with Crippen molar-refractivity contribution in [2.75, 3.05) is 20.6 Å². The maximum absolute atomic E-state index is 3.77. The number of nitrogens with one attached hydrogen (secondary N) is 1. The second kappa shape index (κ2) is 5.27. The molecular weight excluding hydrogens is 208 g/mol. The molecule has 2 heteroatoms. The highest BCUT2D eigenvalue weighted by Gasteiger charge is 2.38. The summed E-state index contributed by atoms with van der Waals surface area (Å²) in [5.74, 6) is 0. The zero-order valence-corrected chi connectivity index (χ0v) is 12.9. The van der Waals surface area contributed by atoms with Crippen LogP contribution < -0.4 is 5.32 Å². The van der Waals surface area contributed by atoms with Crippen LogP contribution in [0.25, 0.3) is 0 Å². The molecule has 0 bridgehead atoms. The highest BCUT2D eigenvalue weighted by Crippen LogP contribution is 2.45. The second-order valence-corrected chi connectivity index (χ2v) is 7.83. The summed E-state index contributed by atoms with van der Waals surface area (Å²) in [4.78, 5) is 2.28. The van der Waals surface area contributed by atoms with Gasteiger partial charge in [0.2, 0.25) is 0 Å². The van der Waals surface area contributed by atoms with Gasteiger partial charge in [-0.1, -0.05) is 27.7 Å². The van der Waals surface area contributed by atoms with Crippen molar-refractivity contribution >= 4 is 0 Å². The van der Waals surface area contributed by atoms with Gasteiger partial charge in [-0.05, 0) is 51.1 Å². The first-order chi connectivity index (χ1) is 7.61. The van der Waals surface area contributed by atoms with Gasteiger partial charge in [0.1, 0.15) is 0 Å². The Labute approximate surface area is 108 Å². The molecule has 1 saturated carbocycles. The van der Waals surface area contributed by atoms with E-state index in [4.69, 9.17) is 0 Å². The van der Waals surface area contributed by atoms with Crippen LogP contribution in [0.4, 0.5) is 0 Å². The third-order valence-electron chi connectivity index (χ3n) is 4.14. The Balaban J connectivity index is 2.49. The van der Waals surface area contributed by atoms with Gasteiger partial charge in [0.25, 0.3) is 0 Å². The molecule has 0 aromatic rings. The van der Waals surface area contributed by atoms with E-state index >= 15 is 0 Å². The molecule has 0 amide bonds. The first kappa shape index (κ1) is 15.0. The van der Waals surface area contributed by atoms with E-state index in [-0.39, 0.29) is 0 Å². The van der Waals surface area contributed by atoms with Crippen molar-refractivity contribution in [2.24, 2.45) is 10.8 Å². The number of likely N-dealkylation sites (N-methyl/N-ethyl adjacent to an activating group) is 1. The van der Waals surface area contributed by atoms with E-state index in [0.29, 0.717) is 22.9 Å². The molecule has 0 heterocycles. The molecule has 0 spiro atoms. The van der Waals surface area contributed by atoms with E-state index in [1.165, 1.54) is 19.3 Å². The molecule has 1 unspecified atom stereocenters. The lowest BCUT2D eigenvalue weighted by atomic mass is 9.63. The van der Waals surface area contributed by atoms with Crippen LogP contribution in [0.15, 0.2) is 0 Å². The lowest BCUT2D eigenvalue weighted by molar-refractivity contribution is 0.0825. The van der Waals surface area contributed by atoms with Crippen molar-refractivity contribution in [2.45, 2.75) is 66.0 Å². The molecule has 17 heavy (non-hydrogen) atoms. The van der Waals surface area contributed by atoms with Crippen molar-refractivity contribution < 1.29 is 0 Å². The van der Waals surface area contributed by atoms with E-state index in [1.807, 2.05) is 0 Å². The molecule has 1 N–H and O–H groups in total. The predicted octanol–water partition coefficient (Wildman–Crippen LogP) is 3.13. The highest BCUT2D eigenvalue weighted by atomic mass is 15.1. The minimum Gasteiger partial charge on any atom is -0.312 e. The Hall–Kier alpha value is -0.0800. The molecule has 1 atom stereocenters. The van der Waals surface area contributed by atoms with Crippen LogP contribution in [0.1, 0.15) is 53.9 Å². The number of rotatable bonds is 4. The third-order valence-corrected chi connectivity index (χ3v) is 4.14. The monoisotopic (exact) mass is 240 g/mol. The summed E-state index contributed by atoms with van der Waals surface area (Å²) < 4.78 is 0. The molecule has 1 rings (SSSR count). The van der Waals surface area contributed by atoms with Crippen LogP contribution in [-0.2, 0) is 0 Å². The summed E-state index contributed by atoms with van der Waals surface area (Å²) in [6.07, 6.45) is 3.98.